The summed E-state index contributed by atoms with van der Waals surface area (Å²) >= 11 is 0. The lowest BCUT2D eigenvalue weighted by Crippen LogP contribution is -2.57. The third-order valence-electron chi connectivity index (χ3n) is 6.58. The number of aromatic nitrogens is 1. The molecule has 0 aliphatic carbocycles. The molecule has 1 amide bonds. The number of likely N-dealkylation sites (tertiary alicyclic amines) is 1. The highest BCUT2D eigenvalue weighted by Crippen LogP contribution is 2.29. The van der Waals surface area contributed by atoms with Gasteiger partial charge >= 0.3 is 0 Å². The van der Waals surface area contributed by atoms with Crippen LogP contribution in [0.25, 0.3) is 10.9 Å². The number of carbonyl (C=O) groups is 1. The van der Waals surface area contributed by atoms with Crippen LogP contribution in [0.4, 0.5) is 0 Å². The van der Waals surface area contributed by atoms with E-state index in [0.29, 0.717) is 17.5 Å². The van der Waals surface area contributed by atoms with Crippen LogP contribution in [-0.4, -0.2) is 89.7 Å². The topological polar surface area (TPSA) is 59.9 Å². The lowest BCUT2D eigenvalue weighted by Gasteiger charge is -2.46. The van der Waals surface area contributed by atoms with Crippen LogP contribution in [0.15, 0.2) is 36.5 Å². The largest absolute Gasteiger partial charge is 0.396 e. The van der Waals surface area contributed by atoms with Crippen molar-refractivity contribution < 1.29 is 9.90 Å². The number of amides is 1. The molecule has 2 aliphatic heterocycles. The van der Waals surface area contributed by atoms with Crippen LogP contribution >= 0.6 is 0 Å². The smallest absolute Gasteiger partial charge is 0.256 e. The van der Waals surface area contributed by atoms with Crippen LogP contribution in [0.3, 0.4) is 0 Å². The van der Waals surface area contributed by atoms with E-state index in [4.69, 9.17) is 0 Å². The Morgan fingerprint density at radius 1 is 1.14 bits per heavy atom. The quantitative estimate of drug-likeness (QED) is 0.839. The molecular formula is C23H32N4O2. The molecule has 0 unspecified atom stereocenters. The van der Waals surface area contributed by atoms with Crippen molar-refractivity contribution >= 4 is 16.8 Å². The zero-order valence-corrected chi connectivity index (χ0v) is 17.3. The number of rotatable bonds is 5. The van der Waals surface area contributed by atoms with Crippen molar-refractivity contribution in [3.8, 4) is 0 Å². The Labute approximate surface area is 173 Å². The lowest BCUT2D eigenvalue weighted by molar-refractivity contribution is 0.0218. The molecule has 1 aromatic carbocycles. The minimum Gasteiger partial charge on any atom is -0.396 e. The zero-order valence-electron chi connectivity index (χ0n) is 17.3. The summed E-state index contributed by atoms with van der Waals surface area (Å²) in [7, 11) is 2.18. The Hall–Kier alpha value is -2.02. The summed E-state index contributed by atoms with van der Waals surface area (Å²) in [5, 5.41) is 10.4. The summed E-state index contributed by atoms with van der Waals surface area (Å²) in [6.07, 6.45) is 4.52. The molecule has 2 aromatic rings. The van der Waals surface area contributed by atoms with Crippen molar-refractivity contribution in [3.05, 3.63) is 42.1 Å². The average Bonchev–Trinajstić information content (AvgIpc) is 2.77. The zero-order chi connectivity index (χ0) is 20.2. The molecule has 0 saturated carbocycles. The van der Waals surface area contributed by atoms with Gasteiger partial charge in [-0.2, -0.15) is 0 Å². The van der Waals surface area contributed by atoms with E-state index in [1.165, 1.54) is 0 Å². The van der Waals surface area contributed by atoms with E-state index in [-0.39, 0.29) is 12.5 Å². The van der Waals surface area contributed by atoms with Crippen LogP contribution < -0.4 is 0 Å². The second kappa shape index (κ2) is 9.20. The number of hydrogen-bond acceptors (Lipinski definition) is 5. The minimum atomic E-state index is 0.0834. The standard InChI is InChI=1S/C23H32N4O2/c1-25-12-14-26(15-13-25)21-9-11-27(17-19(21)7-4-16-28)23(29)20-8-2-5-18-6-3-10-24-22(18)20/h2-3,5-6,8,10,19,21,28H,4,7,9,11-17H2,1H3/t19-,21+/m0/s1. The molecule has 29 heavy (non-hydrogen) atoms. The van der Waals surface area contributed by atoms with Gasteiger partial charge in [-0.25, -0.2) is 0 Å². The molecule has 2 fully saturated rings. The first-order valence-electron chi connectivity index (χ1n) is 10.8. The molecule has 2 aliphatic rings. The first-order chi connectivity index (χ1) is 14.2. The first kappa shape index (κ1) is 20.3. The molecule has 0 spiro atoms. The fourth-order valence-corrected chi connectivity index (χ4v) is 4.92. The molecule has 4 rings (SSSR count). The maximum Gasteiger partial charge on any atom is 0.256 e. The number of carbonyl (C=O) groups excluding carboxylic acids is 1. The summed E-state index contributed by atoms with van der Waals surface area (Å²) in [6, 6.07) is 10.3. The van der Waals surface area contributed by atoms with Gasteiger partial charge in [0.2, 0.25) is 0 Å². The van der Waals surface area contributed by atoms with Crippen LogP contribution in [0.5, 0.6) is 0 Å². The Morgan fingerprint density at radius 2 is 1.93 bits per heavy atom. The highest BCUT2D eigenvalue weighted by molar-refractivity contribution is 6.05. The number of likely N-dealkylation sites (N-methyl/N-ethyl adjacent to an activating group) is 1. The fraction of sp³-hybridized carbons (Fsp3) is 0.565. The number of piperidine rings is 1. The number of para-hydroxylation sites is 1. The number of benzene rings is 1. The highest BCUT2D eigenvalue weighted by atomic mass is 16.3. The van der Waals surface area contributed by atoms with E-state index in [2.05, 4.69) is 21.8 Å². The third-order valence-corrected chi connectivity index (χ3v) is 6.58. The van der Waals surface area contributed by atoms with Gasteiger partial charge < -0.3 is 14.9 Å². The molecular weight excluding hydrogens is 364 g/mol. The molecule has 156 valence electrons. The molecule has 6 nitrogen and oxygen atoms in total. The highest BCUT2D eigenvalue weighted by Gasteiger charge is 2.36. The maximum atomic E-state index is 13.4. The number of hydrogen-bond donors (Lipinski definition) is 1. The van der Waals surface area contributed by atoms with Crippen LogP contribution in [0.1, 0.15) is 29.6 Å². The third kappa shape index (κ3) is 4.44. The van der Waals surface area contributed by atoms with Gasteiger partial charge in [0.05, 0.1) is 11.1 Å². The Morgan fingerprint density at radius 3 is 2.72 bits per heavy atom. The predicted molar refractivity (Wildman–Crippen MR) is 115 cm³/mol. The summed E-state index contributed by atoms with van der Waals surface area (Å²) in [6.45, 7) is 6.16. The van der Waals surface area contributed by atoms with E-state index in [1.54, 1.807) is 6.20 Å². The summed E-state index contributed by atoms with van der Waals surface area (Å²) in [5.41, 5.74) is 1.48. The molecule has 1 aromatic heterocycles. The Bertz CT molecular complexity index is 829. The van der Waals surface area contributed by atoms with Gasteiger partial charge in [0, 0.05) is 63.5 Å². The van der Waals surface area contributed by atoms with Crippen LogP contribution in [0.2, 0.25) is 0 Å². The maximum absolute atomic E-state index is 13.4. The number of aliphatic hydroxyl groups excluding tert-OH is 1. The minimum absolute atomic E-state index is 0.0834. The van der Waals surface area contributed by atoms with E-state index in [0.717, 1.165) is 69.4 Å². The second-order valence-corrected chi connectivity index (χ2v) is 8.45. The summed E-state index contributed by atoms with van der Waals surface area (Å²) < 4.78 is 0. The molecule has 6 heteroatoms. The van der Waals surface area contributed by atoms with Crippen molar-refractivity contribution in [3.63, 3.8) is 0 Å². The fourth-order valence-electron chi connectivity index (χ4n) is 4.92. The predicted octanol–water partition coefficient (Wildman–Crippen LogP) is 2.09. The second-order valence-electron chi connectivity index (χ2n) is 8.45. The normalized spacial score (nSPS) is 24.1. The molecule has 0 bridgehead atoms. The van der Waals surface area contributed by atoms with E-state index in [1.807, 2.05) is 35.2 Å². The molecule has 3 heterocycles. The van der Waals surface area contributed by atoms with Crippen LogP contribution in [-0.2, 0) is 0 Å². The summed E-state index contributed by atoms with van der Waals surface area (Å²) in [5.74, 6) is 0.492. The van der Waals surface area contributed by atoms with E-state index in [9.17, 15) is 9.90 Å². The number of pyridine rings is 1. The molecule has 1 N–H and O–H groups in total. The average molecular weight is 397 g/mol. The molecule has 0 radical (unpaired) electrons. The van der Waals surface area contributed by atoms with Gasteiger partial charge in [-0.1, -0.05) is 18.2 Å². The van der Waals surface area contributed by atoms with Crippen molar-refractivity contribution in [2.45, 2.75) is 25.3 Å². The van der Waals surface area contributed by atoms with Gasteiger partial charge in [-0.05, 0) is 44.4 Å². The number of piperazine rings is 1. The number of aliphatic hydroxyl groups is 1. The molecule has 2 saturated heterocycles. The first-order valence-corrected chi connectivity index (χ1v) is 10.8. The number of nitrogens with zero attached hydrogens (tertiary/aromatic N) is 4. The van der Waals surface area contributed by atoms with E-state index >= 15 is 0 Å². The van der Waals surface area contributed by atoms with Crippen molar-refractivity contribution in [1.29, 1.82) is 0 Å². The van der Waals surface area contributed by atoms with Gasteiger partial charge in [0.1, 0.15) is 0 Å². The van der Waals surface area contributed by atoms with Crippen molar-refractivity contribution in [2.24, 2.45) is 5.92 Å². The number of fused-ring (bicyclic) bond motifs is 1. The summed E-state index contributed by atoms with van der Waals surface area (Å²) in [4.78, 5) is 24.8. The Balaban J connectivity index is 1.51. The van der Waals surface area contributed by atoms with E-state index < -0.39 is 0 Å². The van der Waals surface area contributed by atoms with Gasteiger partial charge in [-0.3, -0.25) is 14.7 Å². The lowest BCUT2D eigenvalue weighted by atomic mass is 9.86. The van der Waals surface area contributed by atoms with Gasteiger partial charge in [-0.15, -0.1) is 0 Å². The Kier molecular flexibility index (Phi) is 6.43. The van der Waals surface area contributed by atoms with Crippen LogP contribution in [0, 0.1) is 5.92 Å². The monoisotopic (exact) mass is 396 g/mol. The van der Waals surface area contributed by atoms with Gasteiger partial charge in [0.25, 0.3) is 5.91 Å². The SMILES string of the molecule is CN1CCN([C@@H]2CCN(C(=O)c3cccc4cccnc34)C[C@@H]2CCCO)CC1. The van der Waals surface area contributed by atoms with Crippen molar-refractivity contribution in [1.82, 2.24) is 19.7 Å². The molecule has 2 atom stereocenters. The van der Waals surface area contributed by atoms with Crippen molar-refractivity contribution in [2.75, 3.05) is 52.9 Å². The van der Waals surface area contributed by atoms with Gasteiger partial charge in [0.15, 0.2) is 0 Å².